The van der Waals surface area contributed by atoms with Crippen LogP contribution in [0.5, 0.6) is 0 Å². The van der Waals surface area contributed by atoms with Crippen molar-refractivity contribution in [2.75, 3.05) is 18.5 Å². The van der Waals surface area contributed by atoms with Crippen molar-refractivity contribution in [3.8, 4) is 0 Å². The summed E-state index contributed by atoms with van der Waals surface area (Å²) in [5.74, 6) is 1.68. The zero-order valence-corrected chi connectivity index (χ0v) is 10.2. The molecule has 1 fully saturated rings. The first-order chi connectivity index (χ1) is 8.13. The van der Waals surface area contributed by atoms with Crippen LogP contribution in [0.1, 0.15) is 18.9 Å². The highest BCUT2D eigenvalue weighted by Gasteiger charge is 2.33. The van der Waals surface area contributed by atoms with Crippen LogP contribution in [-0.2, 0) is 0 Å². The molecule has 1 aliphatic rings. The normalized spacial score (nSPS) is 23.5. The quantitative estimate of drug-likeness (QED) is 0.356. The Hall–Kier alpha value is -1.78. The molecule has 0 radical (unpaired) electrons. The van der Waals surface area contributed by atoms with Gasteiger partial charge < -0.3 is 15.8 Å². The first-order valence-corrected chi connectivity index (χ1v) is 5.76. The molecule has 2 atom stereocenters. The van der Waals surface area contributed by atoms with Crippen LogP contribution in [0.2, 0.25) is 0 Å². The van der Waals surface area contributed by atoms with Crippen molar-refractivity contribution in [3.63, 3.8) is 0 Å². The molecule has 2 rings (SSSR count). The number of pyridine rings is 1. The lowest BCUT2D eigenvalue weighted by Gasteiger charge is -2.21. The fourth-order valence-electron chi connectivity index (χ4n) is 2.06. The van der Waals surface area contributed by atoms with Crippen molar-refractivity contribution in [2.45, 2.75) is 13.3 Å². The molecule has 0 saturated heterocycles. The summed E-state index contributed by atoms with van der Waals surface area (Å²) in [5.41, 5.74) is 7.28. The van der Waals surface area contributed by atoms with Crippen LogP contribution >= 0.6 is 0 Å². The van der Waals surface area contributed by atoms with Gasteiger partial charge in [-0.1, -0.05) is 12.1 Å². The second-order valence-electron chi connectivity index (χ2n) is 4.73. The Morgan fingerprint density at radius 3 is 3.00 bits per heavy atom. The van der Waals surface area contributed by atoms with Gasteiger partial charge in [0.15, 0.2) is 5.84 Å². The summed E-state index contributed by atoms with van der Waals surface area (Å²) in [6.45, 7) is 3.24. The number of aromatic nitrogens is 1. The van der Waals surface area contributed by atoms with Gasteiger partial charge in [-0.15, -0.1) is 0 Å². The van der Waals surface area contributed by atoms with E-state index in [2.05, 4.69) is 22.0 Å². The minimum atomic E-state index is 0.123. The Kier molecular flexibility index (Phi) is 3.17. The van der Waals surface area contributed by atoms with E-state index < -0.39 is 0 Å². The topological polar surface area (TPSA) is 74.7 Å². The monoisotopic (exact) mass is 234 g/mol. The second kappa shape index (κ2) is 4.61. The third-order valence-electron chi connectivity index (χ3n) is 3.38. The van der Waals surface area contributed by atoms with Crippen LogP contribution in [0.3, 0.4) is 0 Å². The third kappa shape index (κ3) is 2.49. The molecule has 17 heavy (non-hydrogen) atoms. The van der Waals surface area contributed by atoms with E-state index in [0.29, 0.717) is 0 Å². The lowest BCUT2D eigenvalue weighted by Crippen LogP contribution is -2.25. The van der Waals surface area contributed by atoms with Crippen LogP contribution in [0.15, 0.2) is 23.6 Å². The molecule has 0 aromatic carbocycles. The van der Waals surface area contributed by atoms with Crippen molar-refractivity contribution in [3.05, 3.63) is 24.0 Å². The fourth-order valence-corrected chi connectivity index (χ4v) is 2.06. The van der Waals surface area contributed by atoms with Gasteiger partial charge in [-0.3, -0.25) is 4.98 Å². The van der Waals surface area contributed by atoms with E-state index in [1.54, 1.807) is 18.5 Å². The molecular weight excluding hydrogens is 216 g/mol. The maximum atomic E-state index is 8.75. The van der Waals surface area contributed by atoms with E-state index in [4.69, 9.17) is 10.9 Å². The first-order valence-electron chi connectivity index (χ1n) is 5.76. The number of nitrogens with zero attached hydrogens (tertiary/aromatic N) is 3. The summed E-state index contributed by atoms with van der Waals surface area (Å²) >= 11 is 0. The molecule has 3 N–H and O–H groups in total. The van der Waals surface area contributed by atoms with Crippen LogP contribution in [0, 0.1) is 11.8 Å². The molecule has 0 aliphatic heterocycles. The lowest BCUT2D eigenvalue weighted by atomic mass is 10.2. The molecule has 1 aromatic heterocycles. The molecule has 5 heteroatoms. The summed E-state index contributed by atoms with van der Waals surface area (Å²) in [4.78, 5) is 6.22. The molecule has 92 valence electrons. The van der Waals surface area contributed by atoms with Crippen LogP contribution in [0.4, 0.5) is 5.69 Å². The minimum absolute atomic E-state index is 0.123. The molecule has 1 aromatic rings. The van der Waals surface area contributed by atoms with Crippen LogP contribution in [0.25, 0.3) is 0 Å². The van der Waals surface area contributed by atoms with Gasteiger partial charge >= 0.3 is 0 Å². The Bertz CT molecular complexity index is 432. The number of rotatable bonds is 4. The van der Waals surface area contributed by atoms with Crippen molar-refractivity contribution in [1.82, 2.24) is 4.98 Å². The van der Waals surface area contributed by atoms with E-state index in [0.717, 1.165) is 29.6 Å². The largest absolute Gasteiger partial charge is 0.409 e. The maximum Gasteiger partial charge on any atom is 0.172 e. The average Bonchev–Trinajstić information content (AvgIpc) is 3.03. The third-order valence-corrected chi connectivity index (χ3v) is 3.38. The summed E-state index contributed by atoms with van der Waals surface area (Å²) < 4.78 is 0. The SMILES string of the molecule is CC1CC1CN(C)c1cnccc1/C(N)=N/O. The van der Waals surface area contributed by atoms with Crippen LogP contribution < -0.4 is 10.6 Å². The van der Waals surface area contributed by atoms with Gasteiger partial charge in [0, 0.05) is 25.4 Å². The summed E-state index contributed by atoms with van der Waals surface area (Å²) in [5, 5.41) is 11.8. The zero-order chi connectivity index (χ0) is 12.4. The van der Waals surface area contributed by atoms with E-state index in [9.17, 15) is 0 Å². The van der Waals surface area contributed by atoms with Gasteiger partial charge in [-0.2, -0.15) is 0 Å². The Balaban J connectivity index is 2.19. The standard InChI is InChI=1S/C12H18N4O/c1-8-5-9(8)7-16(2)11-6-14-4-3-10(11)12(13)15-17/h3-4,6,8-9,17H,5,7H2,1-2H3,(H2,13,15). The highest BCUT2D eigenvalue weighted by Crippen LogP contribution is 2.38. The number of anilines is 1. The highest BCUT2D eigenvalue weighted by molar-refractivity contribution is 6.01. The summed E-state index contributed by atoms with van der Waals surface area (Å²) in [7, 11) is 2.01. The summed E-state index contributed by atoms with van der Waals surface area (Å²) in [6, 6.07) is 1.76. The van der Waals surface area contributed by atoms with Gasteiger partial charge in [0.05, 0.1) is 11.9 Å². The fraction of sp³-hybridized carbons (Fsp3) is 0.500. The molecule has 0 bridgehead atoms. The molecule has 0 amide bonds. The van der Waals surface area contributed by atoms with Gasteiger partial charge in [0.1, 0.15) is 0 Å². The predicted molar refractivity (Wildman–Crippen MR) is 67.3 cm³/mol. The van der Waals surface area contributed by atoms with Crippen molar-refractivity contribution < 1.29 is 5.21 Å². The molecule has 0 spiro atoms. The molecule has 5 nitrogen and oxygen atoms in total. The average molecular weight is 234 g/mol. The molecule has 1 heterocycles. The second-order valence-corrected chi connectivity index (χ2v) is 4.73. The van der Waals surface area contributed by atoms with E-state index in [1.807, 2.05) is 7.05 Å². The molecule has 1 saturated carbocycles. The molecular formula is C12H18N4O. The van der Waals surface area contributed by atoms with Crippen LogP contribution in [-0.4, -0.2) is 29.6 Å². The van der Waals surface area contributed by atoms with Gasteiger partial charge in [-0.25, -0.2) is 0 Å². The number of nitrogens with two attached hydrogens (primary N) is 1. The number of hydrogen-bond acceptors (Lipinski definition) is 4. The molecule has 1 aliphatic carbocycles. The van der Waals surface area contributed by atoms with Gasteiger partial charge in [0.25, 0.3) is 0 Å². The predicted octanol–water partition coefficient (Wildman–Crippen LogP) is 1.27. The van der Waals surface area contributed by atoms with Gasteiger partial charge in [-0.05, 0) is 24.3 Å². The summed E-state index contributed by atoms with van der Waals surface area (Å²) in [6.07, 6.45) is 4.67. The van der Waals surface area contributed by atoms with Crippen molar-refractivity contribution in [2.24, 2.45) is 22.7 Å². The number of hydrogen-bond donors (Lipinski definition) is 2. The minimum Gasteiger partial charge on any atom is -0.409 e. The Morgan fingerprint density at radius 1 is 1.71 bits per heavy atom. The van der Waals surface area contributed by atoms with E-state index >= 15 is 0 Å². The van der Waals surface area contributed by atoms with E-state index in [-0.39, 0.29) is 5.84 Å². The highest BCUT2D eigenvalue weighted by atomic mass is 16.4. The number of oxime groups is 1. The smallest absolute Gasteiger partial charge is 0.172 e. The maximum absolute atomic E-state index is 8.75. The lowest BCUT2D eigenvalue weighted by molar-refractivity contribution is 0.318. The van der Waals surface area contributed by atoms with Crippen molar-refractivity contribution >= 4 is 11.5 Å². The molecule has 2 unspecified atom stereocenters. The Labute approximate surface area is 101 Å². The van der Waals surface area contributed by atoms with Crippen molar-refractivity contribution in [1.29, 1.82) is 0 Å². The zero-order valence-electron chi connectivity index (χ0n) is 10.2. The van der Waals surface area contributed by atoms with E-state index in [1.165, 1.54) is 6.42 Å². The Morgan fingerprint density at radius 2 is 2.41 bits per heavy atom. The number of amidine groups is 1. The first kappa shape index (κ1) is 11.7. The van der Waals surface area contributed by atoms with Gasteiger partial charge in [0.2, 0.25) is 0 Å².